The molecule has 26 heavy (non-hydrogen) atoms. The van der Waals surface area contributed by atoms with Gasteiger partial charge in [0.15, 0.2) is 5.75 Å². The Morgan fingerprint density at radius 1 is 1.38 bits per heavy atom. The molecule has 0 bridgehead atoms. The zero-order valence-electron chi connectivity index (χ0n) is 14.6. The van der Waals surface area contributed by atoms with E-state index in [4.69, 9.17) is 9.47 Å². The Balaban J connectivity index is 1.50. The average molecular weight is 356 g/mol. The van der Waals surface area contributed by atoms with Crippen LogP contribution < -0.4 is 10.1 Å². The van der Waals surface area contributed by atoms with Crippen molar-refractivity contribution in [1.29, 1.82) is 0 Å². The Kier molecular flexibility index (Phi) is 4.29. The highest BCUT2D eigenvalue weighted by molar-refractivity contribution is 6.04. The molecule has 0 saturated carbocycles. The Morgan fingerprint density at radius 3 is 3.08 bits per heavy atom. The molecular weight excluding hydrogens is 336 g/mol. The molecule has 0 radical (unpaired) electrons. The van der Waals surface area contributed by atoms with Crippen molar-refractivity contribution in [3.05, 3.63) is 36.7 Å². The van der Waals surface area contributed by atoms with Gasteiger partial charge in [-0.25, -0.2) is 4.98 Å². The maximum absolute atomic E-state index is 12.8. The molecule has 1 fully saturated rings. The number of imidazole rings is 1. The van der Waals surface area contributed by atoms with Gasteiger partial charge in [-0.05, 0) is 6.92 Å². The fraction of sp³-hybridized carbons (Fsp3) is 0.412. The van der Waals surface area contributed by atoms with Gasteiger partial charge in [-0.15, -0.1) is 0 Å². The lowest BCUT2D eigenvalue weighted by Crippen LogP contribution is -2.45. The summed E-state index contributed by atoms with van der Waals surface area (Å²) < 4.78 is 15.1. The van der Waals surface area contributed by atoms with Crippen LogP contribution in [0.2, 0.25) is 0 Å². The van der Waals surface area contributed by atoms with Crippen LogP contribution in [-0.4, -0.2) is 55.6 Å². The third kappa shape index (κ3) is 3.01. The van der Waals surface area contributed by atoms with E-state index >= 15 is 0 Å². The van der Waals surface area contributed by atoms with E-state index in [-0.39, 0.29) is 18.1 Å². The van der Waals surface area contributed by atoms with Crippen LogP contribution in [-0.2, 0) is 18.3 Å². The van der Waals surface area contributed by atoms with Gasteiger partial charge in [0.2, 0.25) is 0 Å². The maximum Gasteiger partial charge on any atom is 0.255 e. The van der Waals surface area contributed by atoms with Crippen molar-refractivity contribution in [1.82, 2.24) is 29.6 Å². The molecule has 0 aliphatic carbocycles. The number of aryl methyl sites for hydroxylation is 2. The summed E-state index contributed by atoms with van der Waals surface area (Å²) in [5, 5.41) is 7.19. The molecule has 1 aliphatic rings. The highest BCUT2D eigenvalue weighted by Gasteiger charge is 2.32. The largest absolute Gasteiger partial charge is 0.482 e. The molecule has 0 aromatic carbocycles. The van der Waals surface area contributed by atoms with Gasteiger partial charge in [0.1, 0.15) is 11.6 Å². The Morgan fingerprint density at radius 2 is 2.27 bits per heavy atom. The predicted molar refractivity (Wildman–Crippen MR) is 92.9 cm³/mol. The number of pyridine rings is 1. The summed E-state index contributed by atoms with van der Waals surface area (Å²) in [6.07, 6.45) is 8.09. The van der Waals surface area contributed by atoms with Crippen LogP contribution in [0.3, 0.4) is 0 Å². The zero-order valence-corrected chi connectivity index (χ0v) is 14.6. The van der Waals surface area contributed by atoms with Gasteiger partial charge in [-0.1, -0.05) is 0 Å². The molecule has 0 spiro atoms. The van der Waals surface area contributed by atoms with Crippen LogP contribution >= 0.6 is 0 Å². The summed E-state index contributed by atoms with van der Waals surface area (Å²) in [6.45, 7) is 3.58. The molecule has 1 N–H and O–H groups in total. The molecule has 4 heterocycles. The van der Waals surface area contributed by atoms with Gasteiger partial charge in [-0.3, -0.25) is 14.5 Å². The summed E-state index contributed by atoms with van der Waals surface area (Å²) in [6, 6.07) is -0.254. The Bertz CT molecular complexity index is 934. The van der Waals surface area contributed by atoms with Crippen LogP contribution in [0, 0.1) is 0 Å². The topological polar surface area (TPSA) is 96.1 Å². The smallest absolute Gasteiger partial charge is 0.255 e. The molecule has 1 amide bonds. The first-order valence-corrected chi connectivity index (χ1v) is 8.48. The summed E-state index contributed by atoms with van der Waals surface area (Å²) in [5.41, 5.74) is 1.91. The van der Waals surface area contributed by atoms with Crippen LogP contribution in [0.4, 0.5) is 0 Å². The number of carbonyl (C=O) groups is 1. The summed E-state index contributed by atoms with van der Waals surface area (Å²) >= 11 is 0. The van der Waals surface area contributed by atoms with Gasteiger partial charge in [0.05, 0.1) is 55.3 Å². The van der Waals surface area contributed by atoms with Crippen molar-refractivity contribution in [3.63, 3.8) is 0 Å². The van der Waals surface area contributed by atoms with Crippen LogP contribution in [0.25, 0.3) is 11.0 Å². The molecule has 136 valence electrons. The van der Waals surface area contributed by atoms with Crippen molar-refractivity contribution < 1.29 is 14.3 Å². The normalized spacial score (nSPS) is 19.8. The number of nitrogens with one attached hydrogen (secondary N) is 1. The first-order chi connectivity index (χ1) is 12.7. The minimum Gasteiger partial charge on any atom is -0.482 e. The van der Waals surface area contributed by atoms with E-state index in [0.717, 1.165) is 12.1 Å². The quantitative estimate of drug-likeness (QED) is 0.725. The molecule has 4 rings (SSSR count). The second kappa shape index (κ2) is 6.75. The number of nitrogens with zero attached hydrogens (tertiary/aromatic N) is 5. The standard InChI is InChI=1S/C17H20N6O3/c1-3-23-7-11(4-20-23)26-15-9-25-8-14(15)21-17(24)12-5-18-6-13-16(12)22(2)10-19-13/h4-7,10,14-15H,3,8-9H2,1-2H3,(H,21,24)/t14-,15+/m0/s1. The minimum atomic E-state index is -0.271. The van der Waals surface area contributed by atoms with Crippen molar-refractivity contribution in [2.45, 2.75) is 25.6 Å². The second-order valence-electron chi connectivity index (χ2n) is 6.22. The van der Waals surface area contributed by atoms with Crippen LogP contribution in [0.5, 0.6) is 5.75 Å². The van der Waals surface area contributed by atoms with Gasteiger partial charge in [0, 0.05) is 19.8 Å². The monoisotopic (exact) mass is 356 g/mol. The number of fused-ring (bicyclic) bond motifs is 1. The molecule has 9 nitrogen and oxygen atoms in total. The van der Waals surface area contributed by atoms with E-state index in [9.17, 15) is 4.79 Å². The molecule has 2 atom stereocenters. The van der Waals surface area contributed by atoms with Crippen molar-refractivity contribution in [3.8, 4) is 5.75 Å². The van der Waals surface area contributed by atoms with E-state index < -0.39 is 0 Å². The Hall–Kier alpha value is -2.94. The van der Waals surface area contributed by atoms with Gasteiger partial charge in [0.25, 0.3) is 5.91 Å². The van der Waals surface area contributed by atoms with E-state index in [1.165, 1.54) is 0 Å². The highest BCUT2D eigenvalue weighted by atomic mass is 16.5. The number of hydrogen-bond donors (Lipinski definition) is 1. The number of amides is 1. The van der Waals surface area contributed by atoms with E-state index in [0.29, 0.717) is 30.0 Å². The van der Waals surface area contributed by atoms with Crippen molar-refractivity contribution in [2.75, 3.05) is 13.2 Å². The molecule has 3 aromatic rings. The number of ether oxygens (including phenoxy) is 2. The number of aromatic nitrogens is 5. The fourth-order valence-corrected chi connectivity index (χ4v) is 3.07. The second-order valence-corrected chi connectivity index (χ2v) is 6.22. The molecule has 1 saturated heterocycles. The van der Waals surface area contributed by atoms with Crippen molar-refractivity contribution in [2.24, 2.45) is 7.05 Å². The lowest BCUT2D eigenvalue weighted by molar-refractivity contribution is 0.0905. The lowest BCUT2D eigenvalue weighted by Gasteiger charge is -2.19. The SMILES string of the molecule is CCn1cc(O[C@@H]2COC[C@@H]2NC(=O)c2cncc3ncn(C)c23)cn1. The first kappa shape index (κ1) is 16.5. The molecular formula is C17H20N6O3. The minimum absolute atomic E-state index is 0.222. The highest BCUT2D eigenvalue weighted by Crippen LogP contribution is 2.19. The number of hydrogen-bond acceptors (Lipinski definition) is 6. The van der Waals surface area contributed by atoms with E-state index in [1.807, 2.05) is 24.7 Å². The van der Waals surface area contributed by atoms with Gasteiger partial charge >= 0.3 is 0 Å². The maximum atomic E-state index is 12.8. The van der Waals surface area contributed by atoms with Gasteiger partial charge in [-0.2, -0.15) is 5.10 Å². The lowest BCUT2D eigenvalue weighted by atomic mass is 10.1. The molecule has 3 aromatic heterocycles. The Labute approximate surface area is 149 Å². The van der Waals surface area contributed by atoms with E-state index in [2.05, 4.69) is 20.4 Å². The summed E-state index contributed by atoms with van der Waals surface area (Å²) in [5.74, 6) is 0.442. The summed E-state index contributed by atoms with van der Waals surface area (Å²) in [7, 11) is 1.85. The third-order valence-corrected chi connectivity index (χ3v) is 4.43. The van der Waals surface area contributed by atoms with Gasteiger partial charge < -0.3 is 19.4 Å². The number of rotatable bonds is 5. The molecule has 1 aliphatic heterocycles. The predicted octanol–water partition coefficient (Wildman–Crippen LogP) is 0.761. The van der Waals surface area contributed by atoms with Crippen molar-refractivity contribution >= 4 is 16.9 Å². The van der Waals surface area contributed by atoms with Crippen LogP contribution in [0.15, 0.2) is 31.1 Å². The molecule has 0 unspecified atom stereocenters. The number of carbonyl (C=O) groups excluding carboxylic acids is 1. The van der Waals surface area contributed by atoms with Crippen LogP contribution in [0.1, 0.15) is 17.3 Å². The zero-order chi connectivity index (χ0) is 18.1. The first-order valence-electron chi connectivity index (χ1n) is 8.48. The summed E-state index contributed by atoms with van der Waals surface area (Å²) in [4.78, 5) is 21.1. The van der Waals surface area contributed by atoms with E-state index in [1.54, 1.807) is 29.6 Å². The third-order valence-electron chi connectivity index (χ3n) is 4.43. The molecule has 9 heteroatoms. The fourth-order valence-electron chi connectivity index (χ4n) is 3.07. The average Bonchev–Trinajstić information content (AvgIpc) is 3.37.